The van der Waals surface area contributed by atoms with Crippen molar-refractivity contribution in [3.63, 3.8) is 0 Å². The quantitative estimate of drug-likeness (QED) is 0.524. The maximum Gasteiger partial charge on any atom is 0.226 e. The molecule has 1 heterocycles. The Bertz CT molecular complexity index is 1090. The maximum atomic E-state index is 13.2. The van der Waals surface area contributed by atoms with Gasteiger partial charge >= 0.3 is 0 Å². The lowest BCUT2D eigenvalue weighted by molar-refractivity contribution is -0.135. The first kappa shape index (κ1) is 19.1. The first-order valence-electron chi connectivity index (χ1n) is 10.4. The van der Waals surface area contributed by atoms with Crippen molar-refractivity contribution in [1.29, 1.82) is 0 Å². The van der Waals surface area contributed by atoms with Crippen LogP contribution in [0.15, 0.2) is 72.9 Å². The van der Waals surface area contributed by atoms with Gasteiger partial charge < -0.3 is 4.90 Å². The second kappa shape index (κ2) is 7.77. The minimum atomic E-state index is 0.119. The summed E-state index contributed by atoms with van der Waals surface area (Å²) >= 11 is 6.09. The van der Waals surface area contributed by atoms with E-state index < -0.39 is 0 Å². The first-order chi connectivity index (χ1) is 14.6. The second-order valence-electron chi connectivity index (χ2n) is 8.37. The molecule has 2 aromatic carbocycles. The number of halogens is 1. The fourth-order valence-electron chi connectivity index (χ4n) is 4.77. The van der Waals surface area contributed by atoms with Crippen LogP contribution in [0.5, 0.6) is 0 Å². The summed E-state index contributed by atoms with van der Waals surface area (Å²) in [5, 5.41) is 5.55. The van der Waals surface area contributed by atoms with E-state index in [0.717, 1.165) is 35.3 Å². The highest BCUT2D eigenvalue weighted by Crippen LogP contribution is 2.44. The highest BCUT2D eigenvalue weighted by atomic mass is 35.5. The van der Waals surface area contributed by atoms with Crippen molar-refractivity contribution < 1.29 is 4.79 Å². The number of carbonyl (C=O) groups excluding carboxylic acids is 1. The molecule has 0 spiro atoms. The summed E-state index contributed by atoms with van der Waals surface area (Å²) in [6.07, 6.45) is 8.65. The molecule has 152 valence electrons. The van der Waals surface area contributed by atoms with E-state index in [-0.39, 0.29) is 11.8 Å². The molecule has 4 nitrogen and oxygen atoms in total. The van der Waals surface area contributed by atoms with E-state index in [0.29, 0.717) is 23.4 Å². The van der Waals surface area contributed by atoms with Crippen LogP contribution in [0.3, 0.4) is 0 Å². The summed E-state index contributed by atoms with van der Waals surface area (Å²) in [7, 11) is 1.91. The highest BCUT2D eigenvalue weighted by Gasteiger charge is 2.40. The Morgan fingerprint density at radius 3 is 2.53 bits per heavy atom. The average Bonchev–Trinajstić information content (AvgIpc) is 3.50. The van der Waals surface area contributed by atoms with Gasteiger partial charge in [0.25, 0.3) is 0 Å². The molecule has 2 aliphatic rings. The van der Waals surface area contributed by atoms with E-state index in [9.17, 15) is 4.79 Å². The van der Waals surface area contributed by atoms with Crippen molar-refractivity contribution in [2.45, 2.75) is 19.4 Å². The topological polar surface area (TPSA) is 38.1 Å². The van der Waals surface area contributed by atoms with Crippen LogP contribution >= 0.6 is 11.6 Å². The zero-order valence-electron chi connectivity index (χ0n) is 16.9. The summed E-state index contributed by atoms with van der Waals surface area (Å²) < 4.78 is 1.89. The van der Waals surface area contributed by atoms with Crippen molar-refractivity contribution in [2.24, 2.45) is 17.8 Å². The Labute approximate surface area is 181 Å². The van der Waals surface area contributed by atoms with Gasteiger partial charge in [-0.05, 0) is 48.9 Å². The van der Waals surface area contributed by atoms with Crippen LogP contribution in [-0.4, -0.2) is 27.6 Å². The number of benzene rings is 2. The molecule has 0 aliphatic heterocycles. The van der Waals surface area contributed by atoms with Crippen LogP contribution in [0, 0.1) is 17.8 Å². The lowest BCUT2D eigenvalue weighted by Crippen LogP contribution is -2.34. The number of hydrogen-bond donors (Lipinski definition) is 0. The highest BCUT2D eigenvalue weighted by molar-refractivity contribution is 6.30. The average molecular weight is 418 g/mol. The van der Waals surface area contributed by atoms with E-state index in [1.165, 1.54) is 0 Å². The number of para-hydroxylation sites is 1. The lowest BCUT2D eigenvalue weighted by atomic mass is 9.92. The van der Waals surface area contributed by atoms with Gasteiger partial charge in [0, 0.05) is 41.9 Å². The molecular formula is C25H24ClN3O. The molecule has 1 fully saturated rings. The molecular weight excluding hydrogens is 394 g/mol. The van der Waals surface area contributed by atoms with Gasteiger partial charge in [-0.25, -0.2) is 4.68 Å². The number of allylic oxidation sites excluding steroid dienone is 2. The van der Waals surface area contributed by atoms with Gasteiger partial charge in [-0.2, -0.15) is 5.10 Å². The summed E-state index contributed by atoms with van der Waals surface area (Å²) in [5.41, 5.74) is 3.89. The van der Waals surface area contributed by atoms with Crippen molar-refractivity contribution in [1.82, 2.24) is 14.7 Å². The minimum Gasteiger partial charge on any atom is -0.341 e. The number of nitrogens with zero attached hydrogens (tertiary/aromatic N) is 3. The normalized spacial score (nSPS) is 21.9. The number of fused-ring (bicyclic) bond motifs is 2. The Balaban J connectivity index is 1.45. The van der Waals surface area contributed by atoms with Crippen LogP contribution in [-0.2, 0) is 11.3 Å². The van der Waals surface area contributed by atoms with Crippen molar-refractivity contribution in [3.05, 3.63) is 83.5 Å². The van der Waals surface area contributed by atoms with Gasteiger partial charge in [-0.15, -0.1) is 0 Å². The number of aromatic nitrogens is 2. The summed E-state index contributed by atoms with van der Waals surface area (Å²) in [6.45, 7) is 0.529. The molecule has 0 N–H and O–H groups in total. The van der Waals surface area contributed by atoms with Crippen LogP contribution in [0.4, 0.5) is 0 Å². The summed E-state index contributed by atoms with van der Waals surface area (Å²) in [5.74, 6) is 1.35. The molecule has 1 aromatic heterocycles. The Hall–Kier alpha value is -2.85. The third-order valence-corrected chi connectivity index (χ3v) is 6.56. The van der Waals surface area contributed by atoms with Gasteiger partial charge in [-0.1, -0.05) is 54.1 Å². The molecule has 1 saturated carbocycles. The monoisotopic (exact) mass is 417 g/mol. The fraction of sp³-hybridized carbons (Fsp3) is 0.280. The molecule has 5 rings (SSSR count). The van der Waals surface area contributed by atoms with Crippen LogP contribution in [0.2, 0.25) is 5.02 Å². The third-order valence-electron chi connectivity index (χ3n) is 6.31. The van der Waals surface area contributed by atoms with Crippen molar-refractivity contribution >= 4 is 17.5 Å². The van der Waals surface area contributed by atoms with E-state index in [1.54, 1.807) is 0 Å². The van der Waals surface area contributed by atoms with Crippen LogP contribution in [0.1, 0.15) is 18.4 Å². The van der Waals surface area contributed by atoms with Gasteiger partial charge in [0.15, 0.2) is 0 Å². The number of rotatable bonds is 5. The first-order valence-corrected chi connectivity index (χ1v) is 10.8. The summed E-state index contributed by atoms with van der Waals surface area (Å²) in [4.78, 5) is 15.0. The molecule has 1 amide bonds. The standard InChI is InChI=1S/C25H24ClN3O/c1-28(25(30)23-14-17-7-8-19(23)13-17)15-20-16-29(22-5-3-2-4-6-22)27-24(20)18-9-11-21(26)12-10-18/h2-12,16-17,19,23H,13-15H2,1H3/t17-,19-,23-/m0/s1. The van der Waals surface area contributed by atoms with E-state index in [4.69, 9.17) is 16.7 Å². The van der Waals surface area contributed by atoms with Crippen molar-refractivity contribution in [2.75, 3.05) is 7.05 Å². The van der Waals surface area contributed by atoms with Gasteiger partial charge in [0.1, 0.15) is 0 Å². The smallest absolute Gasteiger partial charge is 0.226 e. The Morgan fingerprint density at radius 1 is 1.10 bits per heavy atom. The minimum absolute atomic E-state index is 0.119. The largest absolute Gasteiger partial charge is 0.341 e. The van der Waals surface area contributed by atoms with Crippen LogP contribution in [0.25, 0.3) is 16.9 Å². The zero-order valence-corrected chi connectivity index (χ0v) is 17.7. The van der Waals surface area contributed by atoms with E-state index in [1.807, 2.05) is 77.4 Å². The number of carbonyl (C=O) groups is 1. The molecule has 0 radical (unpaired) electrons. The lowest BCUT2D eigenvalue weighted by Gasteiger charge is -2.24. The predicted molar refractivity (Wildman–Crippen MR) is 119 cm³/mol. The van der Waals surface area contributed by atoms with Crippen molar-refractivity contribution in [3.8, 4) is 16.9 Å². The molecule has 2 bridgehead atoms. The molecule has 2 aliphatic carbocycles. The number of amides is 1. The van der Waals surface area contributed by atoms with Crippen LogP contribution < -0.4 is 0 Å². The van der Waals surface area contributed by atoms with Gasteiger partial charge in [0.2, 0.25) is 5.91 Å². The third kappa shape index (κ3) is 3.56. The SMILES string of the molecule is CN(Cc1cn(-c2ccccc2)nc1-c1ccc(Cl)cc1)C(=O)[C@H]1C[C@H]2C=C[C@H]1C2. The Morgan fingerprint density at radius 2 is 1.87 bits per heavy atom. The number of hydrogen-bond acceptors (Lipinski definition) is 2. The summed E-state index contributed by atoms with van der Waals surface area (Å²) in [6, 6.07) is 17.7. The molecule has 0 unspecified atom stereocenters. The van der Waals surface area contributed by atoms with E-state index >= 15 is 0 Å². The second-order valence-corrected chi connectivity index (χ2v) is 8.81. The van der Waals surface area contributed by atoms with Gasteiger partial charge in [-0.3, -0.25) is 4.79 Å². The molecule has 30 heavy (non-hydrogen) atoms. The maximum absolute atomic E-state index is 13.2. The molecule has 0 saturated heterocycles. The predicted octanol–water partition coefficient (Wildman–Crippen LogP) is 5.36. The molecule has 3 atom stereocenters. The van der Waals surface area contributed by atoms with Gasteiger partial charge in [0.05, 0.1) is 11.4 Å². The Kier molecular flexibility index (Phi) is 4.95. The fourth-order valence-corrected chi connectivity index (χ4v) is 4.90. The zero-order chi connectivity index (χ0) is 20.7. The van der Waals surface area contributed by atoms with E-state index in [2.05, 4.69) is 12.2 Å². The molecule has 3 aromatic rings. The molecule has 5 heteroatoms.